The summed E-state index contributed by atoms with van der Waals surface area (Å²) in [7, 11) is 0. The molecule has 0 spiro atoms. The number of nitrogens with two attached hydrogens (primary N) is 1. The van der Waals surface area contributed by atoms with Crippen molar-refractivity contribution in [3.8, 4) is 0 Å². The van der Waals surface area contributed by atoms with Crippen LogP contribution in [-0.2, 0) is 11.3 Å². The summed E-state index contributed by atoms with van der Waals surface area (Å²) in [5, 5.41) is 0. The zero-order valence-corrected chi connectivity index (χ0v) is 10.9. The predicted octanol–water partition coefficient (Wildman–Crippen LogP) is 2.08. The lowest BCUT2D eigenvalue weighted by Crippen LogP contribution is -2.42. The van der Waals surface area contributed by atoms with Gasteiger partial charge >= 0.3 is 0 Å². The highest BCUT2D eigenvalue weighted by Gasteiger charge is 2.16. The van der Waals surface area contributed by atoms with Crippen LogP contribution < -0.4 is 5.73 Å². The van der Waals surface area contributed by atoms with Crippen molar-refractivity contribution in [3.05, 3.63) is 35.4 Å². The number of amides is 1. The predicted molar refractivity (Wildman–Crippen MR) is 70.5 cm³/mol. The fourth-order valence-electron chi connectivity index (χ4n) is 1.74. The largest absolute Gasteiger partial charge is 0.337 e. The molecule has 0 aliphatic carbocycles. The summed E-state index contributed by atoms with van der Waals surface area (Å²) < 4.78 is 0. The first kappa shape index (κ1) is 13.7. The summed E-state index contributed by atoms with van der Waals surface area (Å²) in [5.41, 5.74) is 8.04. The SMILES string of the molecule is CCCN(Cc1ccc(C)cc1)C(=O)[C@H](C)N. The Hall–Kier alpha value is -1.35. The van der Waals surface area contributed by atoms with Gasteiger partial charge in [-0.15, -0.1) is 0 Å². The van der Waals surface area contributed by atoms with Crippen LogP contribution in [0.25, 0.3) is 0 Å². The van der Waals surface area contributed by atoms with E-state index in [1.165, 1.54) is 5.56 Å². The summed E-state index contributed by atoms with van der Waals surface area (Å²) in [6.45, 7) is 7.26. The lowest BCUT2D eigenvalue weighted by Gasteiger charge is -2.24. The smallest absolute Gasteiger partial charge is 0.239 e. The number of carbonyl (C=O) groups is 1. The van der Waals surface area contributed by atoms with Crippen LogP contribution in [0.4, 0.5) is 0 Å². The second-order valence-corrected chi connectivity index (χ2v) is 4.53. The fraction of sp³-hybridized carbons (Fsp3) is 0.500. The molecule has 3 heteroatoms. The first-order chi connectivity index (χ1) is 8.04. The van der Waals surface area contributed by atoms with Gasteiger partial charge in [0, 0.05) is 13.1 Å². The molecule has 0 aliphatic heterocycles. The van der Waals surface area contributed by atoms with Crippen LogP contribution in [0.1, 0.15) is 31.4 Å². The molecular formula is C14H22N2O. The van der Waals surface area contributed by atoms with Crippen molar-refractivity contribution >= 4 is 5.91 Å². The van der Waals surface area contributed by atoms with E-state index in [1.807, 2.05) is 4.90 Å². The molecule has 1 atom stereocenters. The standard InChI is InChI=1S/C14H22N2O/c1-4-9-16(14(17)12(3)15)10-13-7-5-11(2)6-8-13/h5-8,12H,4,9-10,15H2,1-3H3/t12-/m0/s1. The first-order valence-corrected chi connectivity index (χ1v) is 6.14. The van der Waals surface area contributed by atoms with Crippen LogP contribution in [0.15, 0.2) is 24.3 Å². The Kier molecular flexibility index (Phi) is 5.16. The van der Waals surface area contributed by atoms with E-state index in [0.29, 0.717) is 6.54 Å². The number of carbonyl (C=O) groups excluding carboxylic acids is 1. The lowest BCUT2D eigenvalue weighted by atomic mass is 10.1. The minimum absolute atomic E-state index is 0.0208. The Morgan fingerprint density at radius 3 is 2.41 bits per heavy atom. The van der Waals surface area contributed by atoms with Crippen LogP contribution in [-0.4, -0.2) is 23.4 Å². The minimum atomic E-state index is -0.424. The van der Waals surface area contributed by atoms with Gasteiger partial charge in [-0.3, -0.25) is 4.79 Å². The maximum Gasteiger partial charge on any atom is 0.239 e. The van der Waals surface area contributed by atoms with Crippen molar-refractivity contribution in [2.45, 2.75) is 39.8 Å². The molecular weight excluding hydrogens is 212 g/mol. The van der Waals surface area contributed by atoms with Gasteiger partial charge < -0.3 is 10.6 Å². The van der Waals surface area contributed by atoms with E-state index in [9.17, 15) is 4.79 Å². The number of aryl methyl sites for hydroxylation is 1. The van der Waals surface area contributed by atoms with E-state index < -0.39 is 6.04 Å². The van der Waals surface area contributed by atoms with Gasteiger partial charge in [0.15, 0.2) is 0 Å². The van der Waals surface area contributed by atoms with Crippen molar-refractivity contribution in [2.75, 3.05) is 6.54 Å². The Balaban J connectivity index is 2.72. The molecule has 94 valence electrons. The summed E-state index contributed by atoms with van der Waals surface area (Å²) in [6.07, 6.45) is 0.949. The molecule has 0 radical (unpaired) electrons. The molecule has 17 heavy (non-hydrogen) atoms. The van der Waals surface area contributed by atoms with Gasteiger partial charge in [-0.2, -0.15) is 0 Å². The summed E-state index contributed by atoms with van der Waals surface area (Å²) in [6, 6.07) is 7.83. The summed E-state index contributed by atoms with van der Waals surface area (Å²) in [5.74, 6) is 0.0208. The summed E-state index contributed by atoms with van der Waals surface area (Å²) >= 11 is 0. The third-order valence-corrected chi connectivity index (χ3v) is 2.69. The number of hydrogen-bond donors (Lipinski definition) is 1. The molecule has 1 rings (SSSR count). The highest BCUT2D eigenvalue weighted by Crippen LogP contribution is 2.08. The Labute approximate surface area is 104 Å². The molecule has 0 aromatic heterocycles. The molecule has 0 aliphatic rings. The van der Waals surface area contributed by atoms with Gasteiger partial charge in [0.25, 0.3) is 0 Å². The number of nitrogens with zero attached hydrogens (tertiary/aromatic N) is 1. The van der Waals surface area contributed by atoms with Crippen molar-refractivity contribution < 1.29 is 4.79 Å². The molecule has 2 N–H and O–H groups in total. The average molecular weight is 234 g/mol. The highest BCUT2D eigenvalue weighted by atomic mass is 16.2. The monoisotopic (exact) mass is 234 g/mol. The Bertz CT molecular complexity index is 357. The van der Waals surface area contributed by atoms with E-state index in [2.05, 4.69) is 38.1 Å². The van der Waals surface area contributed by atoms with Crippen LogP contribution >= 0.6 is 0 Å². The third-order valence-electron chi connectivity index (χ3n) is 2.69. The topological polar surface area (TPSA) is 46.3 Å². The Morgan fingerprint density at radius 2 is 1.94 bits per heavy atom. The molecule has 1 aromatic carbocycles. The van der Waals surface area contributed by atoms with Gasteiger partial charge in [-0.25, -0.2) is 0 Å². The average Bonchev–Trinajstić information content (AvgIpc) is 2.30. The second kappa shape index (κ2) is 6.40. The maximum atomic E-state index is 11.9. The lowest BCUT2D eigenvalue weighted by molar-refractivity contribution is -0.132. The van der Waals surface area contributed by atoms with E-state index in [4.69, 9.17) is 5.73 Å². The van der Waals surface area contributed by atoms with Gasteiger partial charge in [-0.05, 0) is 25.8 Å². The summed E-state index contributed by atoms with van der Waals surface area (Å²) in [4.78, 5) is 13.7. The van der Waals surface area contributed by atoms with Crippen LogP contribution in [0.3, 0.4) is 0 Å². The van der Waals surface area contributed by atoms with Crippen molar-refractivity contribution in [1.29, 1.82) is 0 Å². The fourth-order valence-corrected chi connectivity index (χ4v) is 1.74. The molecule has 0 fully saturated rings. The highest BCUT2D eigenvalue weighted by molar-refractivity contribution is 5.81. The zero-order valence-electron chi connectivity index (χ0n) is 10.9. The zero-order chi connectivity index (χ0) is 12.8. The second-order valence-electron chi connectivity index (χ2n) is 4.53. The van der Waals surface area contributed by atoms with E-state index >= 15 is 0 Å². The molecule has 0 saturated carbocycles. The van der Waals surface area contributed by atoms with Gasteiger partial charge in [-0.1, -0.05) is 36.8 Å². The number of rotatable bonds is 5. The number of benzene rings is 1. The minimum Gasteiger partial charge on any atom is -0.337 e. The molecule has 0 saturated heterocycles. The third kappa shape index (κ3) is 4.19. The Morgan fingerprint density at radius 1 is 1.35 bits per heavy atom. The number of hydrogen-bond acceptors (Lipinski definition) is 2. The van der Waals surface area contributed by atoms with Crippen molar-refractivity contribution in [2.24, 2.45) is 5.73 Å². The van der Waals surface area contributed by atoms with E-state index in [0.717, 1.165) is 18.5 Å². The van der Waals surface area contributed by atoms with Gasteiger partial charge in [0.2, 0.25) is 5.91 Å². The maximum absolute atomic E-state index is 11.9. The van der Waals surface area contributed by atoms with Gasteiger partial charge in [0.1, 0.15) is 0 Å². The molecule has 0 unspecified atom stereocenters. The van der Waals surface area contributed by atoms with Gasteiger partial charge in [0.05, 0.1) is 6.04 Å². The molecule has 3 nitrogen and oxygen atoms in total. The molecule has 0 heterocycles. The van der Waals surface area contributed by atoms with E-state index in [1.54, 1.807) is 6.92 Å². The molecule has 1 aromatic rings. The van der Waals surface area contributed by atoms with Crippen LogP contribution in [0, 0.1) is 6.92 Å². The van der Waals surface area contributed by atoms with Crippen molar-refractivity contribution in [1.82, 2.24) is 4.90 Å². The quantitative estimate of drug-likeness (QED) is 0.848. The van der Waals surface area contributed by atoms with Crippen LogP contribution in [0.2, 0.25) is 0 Å². The normalized spacial score (nSPS) is 12.2. The van der Waals surface area contributed by atoms with Crippen molar-refractivity contribution in [3.63, 3.8) is 0 Å². The molecule has 0 bridgehead atoms. The van der Waals surface area contributed by atoms with E-state index in [-0.39, 0.29) is 5.91 Å². The first-order valence-electron chi connectivity index (χ1n) is 6.14. The molecule has 1 amide bonds. The van der Waals surface area contributed by atoms with Crippen LogP contribution in [0.5, 0.6) is 0 Å².